The van der Waals surface area contributed by atoms with Crippen molar-refractivity contribution in [2.45, 2.75) is 12.3 Å². The third kappa shape index (κ3) is 2.31. The SMILES string of the molecule is O=C(Nc1cc([N+](=O)[O-])ccc1O)C1Cc2ccccc21. The Morgan fingerprint density at radius 2 is 2.05 bits per heavy atom. The summed E-state index contributed by atoms with van der Waals surface area (Å²) in [5.74, 6) is -0.745. The van der Waals surface area contributed by atoms with Crippen LogP contribution in [0, 0.1) is 10.1 Å². The van der Waals surface area contributed by atoms with Gasteiger partial charge in [0, 0.05) is 12.1 Å². The Balaban J connectivity index is 1.80. The number of non-ortho nitro benzene ring substituents is 1. The molecule has 0 spiro atoms. The topological polar surface area (TPSA) is 92.5 Å². The minimum absolute atomic E-state index is 0.0542. The molecule has 1 aliphatic carbocycles. The molecule has 0 saturated carbocycles. The number of hydrogen-bond acceptors (Lipinski definition) is 4. The first-order chi connectivity index (χ1) is 10.1. The predicted molar refractivity (Wildman–Crippen MR) is 76.3 cm³/mol. The first-order valence-electron chi connectivity index (χ1n) is 6.42. The highest BCUT2D eigenvalue weighted by Crippen LogP contribution is 2.36. The summed E-state index contributed by atoms with van der Waals surface area (Å²) >= 11 is 0. The van der Waals surface area contributed by atoms with Gasteiger partial charge in [-0.15, -0.1) is 0 Å². The van der Waals surface area contributed by atoms with Gasteiger partial charge in [-0.05, 0) is 23.6 Å². The average Bonchev–Trinajstić information content (AvgIpc) is 2.42. The molecule has 6 heteroatoms. The molecule has 2 aromatic carbocycles. The van der Waals surface area contributed by atoms with Crippen LogP contribution in [0.2, 0.25) is 0 Å². The molecule has 0 fully saturated rings. The molecule has 0 heterocycles. The molecule has 2 aromatic rings. The highest BCUT2D eigenvalue weighted by atomic mass is 16.6. The summed E-state index contributed by atoms with van der Waals surface area (Å²) in [6.45, 7) is 0. The second-order valence-electron chi connectivity index (χ2n) is 4.90. The number of nitro groups is 1. The van der Waals surface area contributed by atoms with Crippen molar-refractivity contribution in [3.63, 3.8) is 0 Å². The summed E-state index contributed by atoms with van der Waals surface area (Å²) in [5.41, 5.74) is 1.96. The highest BCUT2D eigenvalue weighted by molar-refractivity contribution is 5.99. The summed E-state index contributed by atoms with van der Waals surface area (Å²) < 4.78 is 0. The molecule has 6 nitrogen and oxygen atoms in total. The Morgan fingerprint density at radius 1 is 1.29 bits per heavy atom. The molecule has 2 N–H and O–H groups in total. The standard InChI is InChI=1S/C15H12N2O4/c18-14-6-5-10(17(20)21)8-13(14)16-15(19)12-7-9-3-1-2-4-11(9)12/h1-6,8,12,18H,7H2,(H,16,19). The zero-order valence-electron chi connectivity index (χ0n) is 10.9. The van der Waals surface area contributed by atoms with E-state index in [0.717, 1.165) is 17.2 Å². The number of anilines is 1. The van der Waals surface area contributed by atoms with Crippen molar-refractivity contribution in [2.75, 3.05) is 5.32 Å². The number of phenolic OH excluding ortho intramolecular Hbond substituents is 1. The monoisotopic (exact) mass is 284 g/mol. The van der Waals surface area contributed by atoms with Crippen LogP contribution < -0.4 is 5.32 Å². The lowest BCUT2D eigenvalue weighted by Crippen LogP contribution is -2.30. The van der Waals surface area contributed by atoms with E-state index >= 15 is 0 Å². The van der Waals surface area contributed by atoms with Crippen molar-refractivity contribution in [3.05, 3.63) is 63.7 Å². The fraction of sp³-hybridized carbons (Fsp3) is 0.133. The maximum Gasteiger partial charge on any atom is 0.271 e. The fourth-order valence-corrected chi connectivity index (χ4v) is 2.45. The maximum absolute atomic E-state index is 12.2. The van der Waals surface area contributed by atoms with Crippen LogP contribution in [-0.4, -0.2) is 15.9 Å². The summed E-state index contributed by atoms with van der Waals surface area (Å²) in [4.78, 5) is 22.3. The third-order valence-electron chi connectivity index (χ3n) is 3.62. The lowest BCUT2D eigenvalue weighted by atomic mass is 9.77. The molecule has 0 aromatic heterocycles. The largest absolute Gasteiger partial charge is 0.506 e. The Kier molecular flexibility index (Phi) is 3.06. The molecule has 0 saturated heterocycles. The van der Waals surface area contributed by atoms with E-state index in [4.69, 9.17) is 0 Å². The van der Waals surface area contributed by atoms with E-state index in [2.05, 4.69) is 5.32 Å². The summed E-state index contributed by atoms with van der Waals surface area (Å²) in [5, 5.41) is 23.0. The van der Waals surface area contributed by atoms with Gasteiger partial charge < -0.3 is 10.4 Å². The predicted octanol–water partition coefficient (Wildman–Crippen LogP) is 2.58. The number of amides is 1. The van der Waals surface area contributed by atoms with Gasteiger partial charge in [-0.2, -0.15) is 0 Å². The molecule has 0 bridgehead atoms. The number of aromatic hydroxyl groups is 1. The van der Waals surface area contributed by atoms with E-state index in [1.807, 2.05) is 24.3 Å². The first-order valence-corrected chi connectivity index (χ1v) is 6.42. The lowest BCUT2D eigenvalue weighted by molar-refractivity contribution is -0.384. The fourth-order valence-electron chi connectivity index (χ4n) is 2.45. The van der Waals surface area contributed by atoms with Crippen molar-refractivity contribution in [2.24, 2.45) is 0 Å². The number of phenols is 1. The number of fused-ring (bicyclic) bond motifs is 1. The van der Waals surface area contributed by atoms with Crippen molar-refractivity contribution in [3.8, 4) is 5.75 Å². The normalized spacial score (nSPS) is 15.7. The number of hydrogen-bond donors (Lipinski definition) is 2. The first kappa shape index (κ1) is 13.1. The maximum atomic E-state index is 12.2. The Labute approximate surface area is 120 Å². The van der Waals surface area contributed by atoms with E-state index in [1.54, 1.807) is 0 Å². The third-order valence-corrected chi connectivity index (χ3v) is 3.62. The second-order valence-corrected chi connectivity index (χ2v) is 4.90. The van der Waals surface area contributed by atoms with Crippen LogP contribution in [0.15, 0.2) is 42.5 Å². The van der Waals surface area contributed by atoms with E-state index in [0.29, 0.717) is 6.42 Å². The number of carbonyl (C=O) groups excluding carboxylic acids is 1. The van der Waals surface area contributed by atoms with Crippen LogP contribution in [0.1, 0.15) is 17.0 Å². The highest BCUT2D eigenvalue weighted by Gasteiger charge is 2.32. The van der Waals surface area contributed by atoms with Gasteiger partial charge in [-0.1, -0.05) is 24.3 Å². The van der Waals surface area contributed by atoms with Crippen LogP contribution in [0.5, 0.6) is 5.75 Å². The van der Waals surface area contributed by atoms with Gasteiger partial charge in [0.1, 0.15) is 5.75 Å². The smallest absolute Gasteiger partial charge is 0.271 e. The summed E-state index contributed by atoms with van der Waals surface area (Å²) in [6.07, 6.45) is 0.637. The molecule has 21 heavy (non-hydrogen) atoms. The zero-order valence-corrected chi connectivity index (χ0v) is 10.9. The van der Waals surface area contributed by atoms with Crippen molar-refractivity contribution < 1.29 is 14.8 Å². The number of rotatable bonds is 3. The van der Waals surface area contributed by atoms with Crippen molar-refractivity contribution in [1.82, 2.24) is 0 Å². The van der Waals surface area contributed by atoms with Crippen molar-refractivity contribution in [1.29, 1.82) is 0 Å². The molecule has 106 valence electrons. The number of nitrogens with one attached hydrogen (secondary N) is 1. The van der Waals surface area contributed by atoms with Gasteiger partial charge in [0.15, 0.2) is 0 Å². The average molecular weight is 284 g/mol. The van der Waals surface area contributed by atoms with Gasteiger partial charge in [-0.3, -0.25) is 14.9 Å². The molecule has 1 atom stereocenters. The van der Waals surface area contributed by atoms with Crippen molar-refractivity contribution >= 4 is 17.3 Å². The molecule has 1 unspecified atom stereocenters. The quantitative estimate of drug-likeness (QED) is 0.514. The molecule has 0 aliphatic heterocycles. The molecular formula is C15H12N2O4. The van der Waals surface area contributed by atoms with Gasteiger partial charge in [0.05, 0.1) is 16.5 Å². The lowest BCUT2D eigenvalue weighted by Gasteiger charge is -2.28. The van der Waals surface area contributed by atoms with E-state index < -0.39 is 4.92 Å². The van der Waals surface area contributed by atoms with Crippen LogP contribution in [0.3, 0.4) is 0 Å². The van der Waals surface area contributed by atoms with Gasteiger partial charge >= 0.3 is 0 Å². The van der Waals surface area contributed by atoms with Gasteiger partial charge in [0.2, 0.25) is 5.91 Å². The minimum Gasteiger partial charge on any atom is -0.506 e. The number of carbonyl (C=O) groups is 1. The minimum atomic E-state index is -0.576. The number of nitro benzene ring substituents is 1. The number of nitrogens with zero attached hydrogens (tertiary/aromatic N) is 1. The van der Waals surface area contributed by atoms with Gasteiger partial charge in [0.25, 0.3) is 5.69 Å². The number of benzene rings is 2. The molecular weight excluding hydrogens is 272 g/mol. The Morgan fingerprint density at radius 3 is 2.76 bits per heavy atom. The Hall–Kier alpha value is -2.89. The van der Waals surface area contributed by atoms with Crippen LogP contribution >= 0.6 is 0 Å². The molecule has 0 radical (unpaired) electrons. The summed E-state index contributed by atoms with van der Waals surface area (Å²) in [6, 6.07) is 11.2. The van der Waals surface area contributed by atoms with E-state index in [1.165, 1.54) is 12.1 Å². The van der Waals surface area contributed by atoms with E-state index in [9.17, 15) is 20.0 Å². The Bertz CT molecular complexity index is 742. The van der Waals surface area contributed by atoms with Gasteiger partial charge in [-0.25, -0.2) is 0 Å². The zero-order chi connectivity index (χ0) is 15.0. The summed E-state index contributed by atoms with van der Waals surface area (Å²) in [7, 11) is 0. The molecule has 3 rings (SSSR count). The van der Waals surface area contributed by atoms with E-state index in [-0.39, 0.29) is 28.9 Å². The molecule has 1 aliphatic rings. The van der Waals surface area contributed by atoms with Crippen LogP contribution in [0.25, 0.3) is 0 Å². The molecule has 1 amide bonds. The van der Waals surface area contributed by atoms with Crippen LogP contribution in [0.4, 0.5) is 11.4 Å². The second kappa shape index (κ2) is 4.90. The van der Waals surface area contributed by atoms with Crippen LogP contribution in [-0.2, 0) is 11.2 Å².